The Morgan fingerprint density at radius 2 is 2.27 bits per heavy atom. The van der Waals surface area contributed by atoms with Crippen LogP contribution in [-0.4, -0.2) is 18.0 Å². The quantitative estimate of drug-likeness (QED) is 0.555. The molecule has 0 N–H and O–H groups in total. The summed E-state index contributed by atoms with van der Waals surface area (Å²) in [6, 6.07) is 8.69. The molecule has 76 valence electrons. The van der Waals surface area contributed by atoms with Crippen molar-refractivity contribution < 1.29 is 4.79 Å². The van der Waals surface area contributed by atoms with Gasteiger partial charge in [0.15, 0.2) is 0 Å². The van der Waals surface area contributed by atoms with Gasteiger partial charge in [0.05, 0.1) is 17.8 Å². The molecular formula is C12H12N2O. The minimum absolute atomic E-state index is 0.105. The molecule has 0 atom stereocenters. The molecule has 1 rings (SSSR count). The van der Waals surface area contributed by atoms with Crippen molar-refractivity contribution in [3.63, 3.8) is 0 Å². The highest BCUT2D eigenvalue weighted by molar-refractivity contribution is 6.35. The lowest BCUT2D eigenvalue weighted by Crippen LogP contribution is -2.02. The fourth-order valence-corrected chi connectivity index (χ4v) is 1.03. The topological polar surface area (TPSA) is 53.2 Å². The van der Waals surface area contributed by atoms with E-state index in [2.05, 4.69) is 4.99 Å². The summed E-state index contributed by atoms with van der Waals surface area (Å²) in [7, 11) is 0. The lowest BCUT2D eigenvalue weighted by molar-refractivity contribution is 0.107. The first-order valence-electron chi connectivity index (χ1n) is 4.71. The first-order valence-corrected chi connectivity index (χ1v) is 4.71. The molecule has 0 amide bonds. The van der Waals surface area contributed by atoms with Crippen LogP contribution in [0.4, 0.5) is 0 Å². The Morgan fingerprint density at radius 3 is 2.87 bits per heavy atom. The van der Waals surface area contributed by atoms with E-state index >= 15 is 0 Å². The summed E-state index contributed by atoms with van der Waals surface area (Å²) in [5.74, 6) is -0.166. The van der Waals surface area contributed by atoms with Gasteiger partial charge in [-0.3, -0.25) is 9.79 Å². The van der Waals surface area contributed by atoms with Crippen molar-refractivity contribution in [1.29, 1.82) is 5.26 Å². The fraction of sp³-hybridized carbons (Fsp3) is 0.250. The summed E-state index contributed by atoms with van der Waals surface area (Å²) in [5, 5.41) is 8.67. The van der Waals surface area contributed by atoms with Crippen molar-refractivity contribution in [2.75, 3.05) is 0 Å². The second kappa shape index (κ2) is 5.06. The zero-order chi connectivity index (χ0) is 11.3. The number of nitriles is 1. The van der Waals surface area contributed by atoms with Gasteiger partial charge < -0.3 is 0 Å². The lowest BCUT2D eigenvalue weighted by Gasteiger charge is -1.97. The molecule has 1 aromatic rings. The van der Waals surface area contributed by atoms with Crippen molar-refractivity contribution in [2.45, 2.75) is 19.9 Å². The van der Waals surface area contributed by atoms with Crippen LogP contribution in [0, 0.1) is 11.3 Å². The monoisotopic (exact) mass is 200 g/mol. The largest absolute Gasteiger partial charge is 0.288 e. The van der Waals surface area contributed by atoms with E-state index in [1.54, 1.807) is 24.3 Å². The number of rotatable bonds is 3. The third-order valence-corrected chi connectivity index (χ3v) is 1.77. The molecule has 0 aliphatic heterocycles. The molecule has 0 aliphatic carbocycles. The summed E-state index contributed by atoms with van der Waals surface area (Å²) < 4.78 is 0. The highest BCUT2D eigenvalue weighted by atomic mass is 16.1. The van der Waals surface area contributed by atoms with Crippen LogP contribution in [-0.2, 0) is 0 Å². The fourth-order valence-electron chi connectivity index (χ4n) is 1.03. The maximum absolute atomic E-state index is 11.6. The van der Waals surface area contributed by atoms with Gasteiger partial charge in [-0.2, -0.15) is 5.26 Å². The second-order valence-electron chi connectivity index (χ2n) is 3.43. The van der Waals surface area contributed by atoms with Crippen LogP contribution in [0.3, 0.4) is 0 Å². The van der Waals surface area contributed by atoms with Crippen molar-refractivity contribution in [3.05, 3.63) is 35.4 Å². The zero-order valence-electron chi connectivity index (χ0n) is 8.77. The maximum atomic E-state index is 11.6. The van der Waals surface area contributed by atoms with E-state index < -0.39 is 0 Å². The molecule has 0 fully saturated rings. The Kier molecular flexibility index (Phi) is 3.75. The number of hydrogen-bond donors (Lipinski definition) is 0. The third-order valence-electron chi connectivity index (χ3n) is 1.77. The van der Waals surface area contributed by atoms with Crippen LogP contribution in [0.2, 0.25) is 0 Å². The van der Waals surface area contributed by atoms with Gasteiger partial charge >= 0.3 is 0 Å². The van der Waals surface area contributed by atoms with Crippen LogP contribution in [0.5, 0.6) is 0 Å². The molecule has 0 saturated heterocycles. The molecular weight excluding hydrogens is 188 g/mol. The Bertz CT molecular complexity index is 427. The van der Waals surface area contributed by atoms with Gasteiger partial charge in [0.25, 0.3) is 0 Å². The molecule has 0 heterocycles. The molecule has 0 aliphatic rings. The predicted octanol–water partition coefficient (Wildman–Crippen LogP) is 2.22. The highest BCUT2D eigenvalue weighted by Gasteiger charge is 2.03. The van der Waals surface area contributed by atoms with Gasteiger partial charge in [0.2, 0.25) is 5.78 Å². The molecule has 0 bridgehead atoms. The molecule has 0 saturated carbocycles. The third kappa shape index (κ3) is 3.35. The average molecular weight is 200 g/mol. The van der Waals surface area contributed by atoms with Gasteiger partial charge in [-0.05, 0) is 26.0 Å². The summed E-state index contributed by atoms with van der Waals surface area (Å²) >= 11 is 0. The number of benzene rings is 1. The van der Waals surface area contributed by atoms with Crippen molar-refractivity contribution in [1.82, 2.24) is 0 Å². The first-order chi connectivity index (χ1) is 7.13. The lowest BCUT2D eigenvalue weighted by atomic mass is 10.1. The van der Waals surface area contributed by atoms with E-state index in [1.807, 2.05) is 19.9 Å². The average Bonchev–Trinajstić information content (AvgIpc) is 2.26. The summed E-state index contributed by atoms with van der Waals surface area (Å²) in [5.41, 5.74) is 0.984. The van der Waals surface area contributed by atoms with Crippen LogP contribution in [0.25, 0.3) is 0 Å². The SMILES string of the molecule is CC(C)N=CC(=O)c1cccc(C#N)c1. The molecule has 0 radical (unpaired) electrons. The molecule has 0 unspecified atom stereocenters. The Labute approximate surface area is 89.1 Å². The molecule has 1 aromatic carbocycles. The summed E-state index contributed by atoms with van der Waals surface area (Å²) in [6.45, 7) is 3.80. The van der Waals surface area contributed by atoms with E-state index in [-0.39, 0.29) is 11.8 Å². The number of nitrogens with zero attached hydrogens (tertiary/aromatic N) is 2. The minimum Gasteiger partial charge on any atom is -0.288 e. The summed E-state index contributed by atoms with van der Waals surface area (Å²) in [6.07, 6.45) is 1.31. The number of ketones is 1. The van der Waals surface area contributed by atoms with Crippen molar-refractivity contribution >= 4 is 12.0 Å². The number of Topliss-reactive ketones (excluding diaryl/α,β-unsaturated/α-hetero) is 1. The van der Waals surface area contributed by atoms with E-state index in [0.29, 0.717) is 11.1 Å². The van der Waals surface area contributed by atoms with Crippen LogP contribution < -0.4 is 0 Å². The van der Waals surface area contributed by atoms with Crippen LogP contribution in [0.1, 0.15) is 29.8 Å². The van der Waals surface area contributed by atoms with Gasteiger partial charge in [-0.15, -0.1) is 0 Å². The van der Waals surface area contributed by atoms with Crippen LogP contribution >= 0.6 is 0 Å². The Morgan fingerprint density at radius 1 is 1.53 bits per heavy atom. The van der Waals surface area contributed by atoms with Crippen molar-refractivity contribution in [2.24, 2.45) is 4.99 Å². The van der Waals surface area contributed by atoms with E-state index in [0.717, 1.165) is 0 Å². The summed E-state index contributed by atoms with van der Waals surface area (Å²) in [4.78, 5) is 15.6. The van der Waals surface area contributed by atoms with Gasteiger partial charge in [-0.1, -0.05) is 12.1 Å². The zero-order valence-corrected chi connectivity index (χ0v) is 8.77. The maximum Gasteiger partial charge on any atom is 0.203 e. The normalized spacial score (nSPS) is 10.5. The second-order valence-corrected chi connectivity index (χ2v) is 3.43. The standard InChI is InChI=1S/C12H12N2O/c1-9(2)14-8-12(15)11-5-3-4-10(6-11)7-13/h3-6,8-9H,1-2H3. The van der Waals surface area contributed by atoms with Crippen LogP contribution in [0.15, 0.2) is 29.3 Å². The molecule has 3 heteroatoms. The molecule has 0 aromatic heterocycles. The number of hydrogen-bond acceptors (Lipinski definition) is 3. The number of carbonyl (C=O) groups excluding carboxylic acids is 1. The highest BCUT2D eigenvalue weighted by Crippen LogP contribution is 2.04. The van der Waals surface area contributed by atoms with Gasteiger partial charge in [0.1, 0.15) is 0 Å². The number of aliphatic imine (C=N–C) groups is 1. The molecule has 3 nitrogen and oxygen atoms in total. The smallest absolute Gasteiger partial charge is 0.203 e. The van der Waals surface area contributed by atoms with Gasteiger partial charge in [0, 0.05) is 11.6 Å². The Hall–Kier alpha value is -1.95. The van der Waals surface area contributed by atoms with E-state index in [9.17, 15) is 4.79 Å². The van der Waals surface area contributed by atoms with E-state index in [1.165, 1.54) is 6.21 Å². The predicted molar refractivity (Wildman–Crippen MR) is 59.1 cm³/mol. The Balaban J connectivity index is 2.88. The van der Waals surface area contributed by atoms with Gasteiger partial charge in [-0.25, -0.2) is 0 Å². The first kappa shape index (κ1) is 11.1. The van der Waals surface area contributed by atoms with Crippen molar-refractivity contribution in [3.8, 4) is 6.07 Å². The van der Waals surface area contributed by atoms with E-state index in [4.69, 9.17) is 5.26 Å². The number of carbonyl (C=O) groups is 1. The minimum atomic E-state index is -0.166. The molecule has 15 heavy (non-hydrogen) atoms. The molecule has 0 spiro atoms.